The van der Waals surface area contributed by atoms with Crippen LogP contribution in [0.4, 0.5) is 45.2 Å². The van der Waals surface area contributed by atoms with Gasteiger partial charge in [0.1, 0.15) is 11.4 Å². The third-order valence-corrected chi connectivity index (χ3v) is 4.45. The lowest BCUT2D eigenvalue weighted by molar-refractivity contribution is -0.142. The summed E-state index contributed by atoms with van der Waals surface area (Å²) in [5, 5.41) is 24.1. The number of hydrogen-bond donors (Lipinski definition) is 2. The zero-order chi connectivity index (χ0) is 24.1. The molecule has 0 aromatic carbocycles. The summed E-state index contributed by atoms with van der Waals surface area (Å²) in [7, 11) is 0. The molecule has 0 aliphatic carbocycles. The number of aliphatic hydroxyl groups is 2. The highest BCUT2D eigenvalue weighted by molar-refractivity contribution is 5.95. The van der Waals surface area contributed by atoms with E-state index in [0.29, 0.717) is 24.5 Å². The normalized spacial score (nSPS) is 21.0. The van der Waals surface area contributed by atoms with Gasteiger partial charge in [0, 0.05) is 12.4 Å². The summed E-state index contributed by atoms with van der Waals surface area (Å²) in [6, 6.07) is 2.25. The van der Waals surface area contributed by atoms with Crippen LogP contribution in [0.1, 0.15) is 23.1 Å². The molecule has 174 valence electrons. The lowest BCUT2D eigenvalue weighted by Gasteiger charge is -2.27. The van der Waals surface area contributed by atoms with E-state index in [4.69, 9.17) is 0 Å². The molecule has 0 radical (unpaired) electrons. The number of hydrogen-bond acceptors (Lipinski definition) is 6. The van der Waals surface area contributed by atoms with Gasteiger partial charge in [-0.25, -0.2) is 5.01 Å². The molecule has 6 nitrogen and oxygen atoms in total. The maximum absolute atomic E-state index is 13.5. The third kappa shape index (κ3) is 4.62. The predicted octanol–water partition coefficient (Wildman–Crippen LogP) is 3.92. The van der Waals surface area contributed by atoms with Crippen LogP contribution in [0, 0.1) is 5.92 Å². The van der Waals surface area contributed by atoms with Crippen molar-refractivity contribution in [2.24, 2.45) is 11.0 Å². The van der Waals surface area contributed by atoms with Gasteiger partial charge in [0.2, 0.25) is 0 Å². The standard InChI is InChI=1S/C17H11F9N4O2/c18-15(19,20)9-5-7(1-3-27-9)12(31)11-13(17(24,25)26)29-30(14(11)32)8-2-4-28-10(6-8)16(21,22)23/h1-6,11-12,14,31-32H. The third-order valence-electron chi connectivity index (χ3n) is 4.45. The average molecular weight is 474 g/mol. The quantitative estimate of drug-likeness (QED) is 0.660. The van der Waals surface area contributed by atoms with Crippen molar-refractivity contribution < 1.29 is 49.7 Å². The molecule has 0 amide bonds. The molecule has 0 saturated carbocycles. The van der Waals surface area contributed by atoms with Gasteiger partial charge in [-0.15, -0.1) is 0 Å². The van der Waals surface area contributed by atoms with Gasteiger partial charge in [-0.1, -0.05) is 0 Å². The second kappa shape index (κ2) is 7.88. The van der Waals surface area contributed by atoms with Gasteiger partial charge < -0.3 is 10.2 Å². The molecule has 0 fully saturated rings. The predicted molar refractivity (Wildman–Crippen MR) is 88.9 cm³/mol. The second-order valence-corrected chi connectivity index (χ2v) is 6.58. The molecule has 0 bridgehead atoms. The highest BCUT2D eigenvalue weighted by atomic mass is 19.4. The number of pyridine rings is 2. The van der Waals surface area contributed by atoms with Crippen LogP contribution in [0.3, 0.4) is 0 Å². The number of aliphatic hydroxyl groups excluding tert-OH is 2. The van der Waals surface area contributed by atoms with Gasteiger partial charge in [-0.05, 0) is 29.8 Å². The minimum atomic E-state index is -5.28. The maximum Gasteiger partial charge on any atom is 0.433 e. The first-order valence-corrected chi connectivity index (χ1v) is 8.48. The molecule has 3 atom stereocenters. The van der Waals surface area contributed by atoms with Crippen molar-refractivity contribution in [2.75, 3.05) is 5.01 Å². The monoisotopic (exact) mass is 474 g/mol. The molecular weight excluding hydrogens is 463 g/mol. The Morgan fingerprint density at radius 3 is 1.88 bits per heavy atom. The van der Waals surface area contributed by atoms with Gasteiger partial charge in [-0.3, -0.25) is 9.97 Å². The van der Waals surface area contributed by atoms with Crippen molar-refractivity contribution in [1.82, 2.24) is 9.97 Å². The fourth-order valence-electron chi connectivity index (χ4n) is 3.01. The molecule has 3 heterocycles. The highest BCUT2D eigenvalue weighted by Gasteiger charge is 2.53. The molecule has 0 spiro atoms. The van der Waals surface area contributed by atoms with Crippen LogP contribution >= 0.6 is 0 Å². The Kier molecular flexibility index (Phi) is 5.84. The molecule has 3 rings (SSSR count). The first kappa shape index (κ1) is 23.7. The Bertz CT molecular complexity index is 1020. The summed E-state index contributed by atoms with van der Waals surface area (Å²) in [6.07, 6.45) is -18.7. The van der Waals surface area contributed by atoms with E-state index in [2.05, 4.69) is 15.1 Å². The molecule has 3 unspecified atom stereocenters. The number of rotatable bonds is 3. The molecule has 15 heteroatoms. The van der Waals surface area contributed by atoms with E-state index in [9.17, 15) is 49.7 Å². The maximum atomic E-state index is 13.5. The van der Waals surface area contributed by atoms with Crippen LogP contribution in [0.5, 0.6) is 0 Å². The van der Waals surface area contributed by atoms with Crippen LogP contribution in [0.15, 0.2) is 41.8 Å². The summed E-state index contributed by atoms with van der Waals surface area (Å²) in [4.78, 5) is 6.07. The largest absolute Gasteiger partial charge is 0.433 e. The van der Waals surface area contributed by atoms with Crippen LogP contribution in [-0.2, 0) is 12.4 Å². The van der Waals surface area contributed by atoms with E-state index in [1.807, 2.05) is 0 Å². The minimum Gasteiger partial charge on any atom is -0.388 e. The number of alkyl halides is 9. The number of anilines is 1. The van der Waals surface area contributed by atoms with E-state index >= 15 is 0 Å². The zero-order valence-electron chi connectivity index (χ0n) is 15.3. The molecule has 2 N–H and O–H groups in total. The van der Waals surface area contributed by atoms with Gasteiger partial charge in [0.15, 0.2) is 11.9 Å². The van der Waals surface area contributed by atoms with E-state index < -0.39 is 65.1 Å². The number of halogens is 9. The Hall–Kier alpha value is -2.94. The average Bonchev–Trinajstić information content (AvgIpc) is 3.04. The van der Waals surface area contributed by atoms with Crippen molar-refractivity contribution in [2.45, 2.75) is 30.9 Å². The Morgan fingerprint density at radius 1 is 0.812 bits per heavy atom. The van der Waals surface area contributed by atoms with Crippen molar-refractivity contribution in [3.63, 3.8) is 0 Å². The molecule has 0 saturated heterocycles. The Balaban J connectivity index is 2.03. The lowest BCUT2D eigenvalue weighted by atomic mass is 9.90. The molecule has 32 heavy (non-hydrogen) atoms. The first-order chi connectivity index (χ1) is 14.6. The zero-order valence-corrected chi connectivity index (χ0v) is 15.3. The van der Waals surface area contributed by atoms with Crippen LogP contribution in [0.2, 0.25) is 0 Å². The summed E-state index contributed by atoms with van der Waals surface area (Å²) in [6.45, 7) is 0. The summed E-state index contributed by atoms with van der Waals surface area (Å²) < 4.78 is 118. The van der Waals surface area contributed by atoms with Crippen molar-refractivity contribution >= 4 is 11.4 Å². The Morgan fingerprint density at radius 2 is 1.34 bits per heavy atom. The van der Waals surface area contributed by atoms with Crippen molar-refractivity contribution in [3.8, 4) is 0 Å². The van der Waals surface area contributed by atoms with E-state index in [0.717, 1.165) is 12.1 Å². The topological polar surface area (TPSA) is 81.8 Å². The molecular formula is C17H11F9N4O2. The van der Waals surface area contributed by atoms with Crippen molar-refractivity contribution in [1.29, 1.82) is 0 Å². The fourth-order valence-corrected chi connectivity index (χ4v) is 3.01. The summed E-state index contributed by atoms with van der Waals surface area (Å²) >= 11 is 0. The smallest absolute Gasteiger partial charge is 0.388 e. The molecule has 1 aliphatic heterocycles. The highest BCUT2D eigenvalue weighted by Crippen LogP contribution is 2.41. The summed E-state index contributed by atoms with van der Waals surface area (Å²) in [5.74, 6) is -2.35. The first-order valence-electron chi connectivity index (χ1n) is 8.48. The fraction of sp³-hybridized carbons (Fsp3) is 0.353. The molecule has 2 aromatic heterocycles. The van der Waals surface area contributed by atoms with Gasteiger partial charge >= 0.3 is 18.5 Å². The molecule has 1 aliphatic rings. The van der Waals surface area contributed by atoms with E-state index in [1.54, 1.807) is 0 Å². The minimum absolute atomic E-state index is 0.180. The van der Waals surface area contributed by atoms with E-state index in [-0.39, 0.29) is 5.01 Å². The van der Waals surface area contributed by atoms with Gasteiger partial charge in [0.05, 0.1) is 17.7 Å². The Labute approximate surface area is 172 Å². The number of nitrogens with zero attached hydrogens (tertiary/aromatic N) is 4. The SMILES string of the molecule is OC(c1ccnc(C(F)(F)F)c1)C1C(C(F)(F)F)=NN(c2ccnc(C(F)(F)F)c2)C1O. The van der Waals surface area contributed by atoms with Crippen LogP contribution < -0.4 is 5.01 Å². The van der Waals surface area contributed by atoms with Crippen LogP contribution in [0.25, 0.3) is 0 Å². The molecule has 2 aromatic rings. The second-order valence-electron chi connectivity index (χ2n) is 6.58. The van der Waals surface area contributed by atoms with Gasteiger partial charge in [0.25, 0.3) is 0 Å². The number of hydrazone groups is 1. The van der Waals surface area contributed by atoms with Gasteiger partial charge in [-0.2, -0.15) is 44.6 Å². The van der Waals surface area contributed by atoms with E-state index in [1.165, 1.54) is 0 Å². The van der Waals surface area contributed by atoms with Crippen molar-refractivity contribution in [3.05, 3.63) is 53.6 Å². The lowest BCUT2D eigenvalue weighted by Crippen LogP contribution is -2.40. The number of aromatic nitrogens is 2. The van der Waals surface area contributed by atoms with Crippen LogP contribution in [-0.4, -0.2) is 38.3 Å². The summed E-state index contributed by atoms with van der Waals surface area (Å²) in [5.41, 5.74) is -6.09.